The molecule has 0 aliphatic heterocycles. The number of fused-ring (bicyclic) bond motifs is 1. The van der Waals surface area contributed by atoms with Crippen LogP contribution < -0.4 is 5.73 Å². The summed E-state index contributed by atoms with van der Waals surface area (Å²) in [4.78, 5) is 14.4. The van der Waals surface area contributed by atoms with Gasteiger partial charge in [-0.1, -0.05) is 11.6 Å². The maximum absolute atomic E-state index is 12.3. The van der Waals surface area contributed by atoms with Gasteiger partial charge in [-0.05, 0) is 19.1 Å². The maximum Gasteiger partial charge on any atom is 0.265 e. The van der Waals surface area contributed by atoms with Crippen LogP contribution in [0, 0.1) is 18.3 Å². The van der Waals surface area contributed by atoms with E-state index in [9.17, 15) is 4.79 Å². The lowest BCUT2D eigenvalue weighted by molar-refractivity contribution is 0.0804. The molecule has 2 N–H and O–H groups in total. The SMILES string of the molecule is Cc1ccc2sc(C(=O)N(C)CCC#N)c(N)c2c1. The van der Waals surface area contributed by atoms with E-state index in [1.54, 1.807) is 7.05 Å². The number of benzene rings is 1. The second-order valence-electron chi connectivity index (χ2n) is 4.48. The van der Waals surface area contributed by atoms with Gasteiger partial charge in [-0.15, -0.1) is 11.3 Å². The number of carbonyl (C=O) groups excluding carboxylic acids is 1. The van der Waals surface area contributed by atoms with Crippen LogP contribution >= 0.6 is 11.3 Å². The Morgan fingerprint density at radius 3 is 2.95 bits per heavy atom. The van der Waals surface area contributed by atoms with Gasteiger partial charge in [-0.3, -0.25) is 4.79 Å². The van der Waals surface area contributed by atoms with Crippen LogP contribution in [0.2, 0.25) is 0 Å². The normalized spacial score (nSPS) is 10.4. The Morgan fingerprint density at radius 1 is 1.53 bits per heavy atom. The third kappa shape index (κ3) is 2.54. The van der Waals surface area contributed by atoms with Gasteiger partial charge < -0.3 is 10.6 Å². The number of hydrogen-bond acceptors (Lipinski definition) is 4. The van der Waals surface area contributed by atoms with Crippen LogP contribution in [0.1, 0.15) is 21.7 Å². The van der Waals surface area contributed by atoms with Crippen molar-refractivity contribution in [3.05, 3.63) is 28.6 Å². The molecule has 5 heteroatoms. The van der Waals surface area contributed by atoms with Crippen molar-refractivity contribution < 1.29 is 4.79 Å². The van der Waals surface area contributed by atoms with Gasteiger partial charge in [0, 0.05) is 23.7 Å². The first-order valence-electron chi connectivity index (χ1n) is 5.95. The minimum absolute atomic E-state index is 0.119. The number of nitrogen functional groups attached to an aromatic ring is 1. The van der Waals surface area contributed by atoms with Gasteiger partial charge in [-0.2, -0.15) is 5.26 Å². The minimum Gasteiger partial charge on any atom is -0.397 e. The van der Waals surface area contributed by atoms with E-state index >= 15 is 0 Å². The first-order valence-corrected chi connectivity index (χ1v) is 6.77. The molecule has 2 rings (SSSR count). The molecule has 0 atom stereocenters. The van der Waals surface area contributed by atoms with Gasteiger partial charge in [0.2, 0.25) is 0 Å². The third-order valence-electron chi connectivity index (χ3n) is 2.98. The highest BCUT2D eigenvalue weighted by molar-refractivity contribution is 7.21. The fourth-order valence-corrected chi connectivity index (χ4v) is 2.98. The highest BCUT2D eigenvalue weighted by atomic mass is 32.1. The fraction of sp³-hybridized carbons (Fsp3) is 0.286. The number of rotatable bonds is 3. The number of nitrogens with zero attached hydrogens (tertiary/aromatic N) is 2. The topological polar surface area (TPSA) is 70.1 Å². The lowest BCUT2D eigenvalue weighted by Crippen LogP contribution is -2.27. The molecule has 0 aliphatic rings. The Morgan fingerprint density at radius 2 is 2.26 bits per heavy atom. The molecule has 1 aromatic heterocycles. The zero-order valence-corrected chi connectivity index (χ0v) is 11.8. The number of nitriles is 1. The van der Waals surface area contributed by atoms with Crippen LogP contribution in [0.3, 0.4) is 0 Å². The molecule has 2 aromatic rings. The summed E-state index contributed by atoms with van der Waals surface area (Å²) in [6.45, 7) is 2.42. The molecule has 98 valence electrons. The molecular formula is C14H15N3OS. The standard InChI is InChI=1S/C14H15N3OS/c1-9-4-5-11-10(8-9)12(16)13(19-11)14(18)17(2)7-3-6-15/h4-5,8H,3,7,16H2,1-2H3. The molecule has 0 saturated heterocycles. The Labute approximate surface area is 116 Å². The molecule has 0 radical (unpaired) electrons. The molecular weight excluding hydrogens is 258 g/mol. The van der Waals surface area contributed by atoms with Crippen molar-refractivity contribution in [3.8, 4) is 6.07 Å². The van der Waals surface area contributed by atoms with E-state index in [-0.39, 0.29) is 5.91 Å². The Hall–Kier alpha value is -2.06. The van der Waals surface area contributed by atoms with E-state index in [0.29, 0.717) is 23.5 Å². The van der Waals surface area contributed by atoms with Crippen LogP contribution in [0.5, 0.6) is 0 Å². The minimum atomic E-state index is -0.119. The van der Waals surface area contributed by atoms with Gasteiger partial charge in [0.15, 0.2) is 0 Å². The van der Waals surface area contributed by atoms with E-state index < -0.39 is 0 Å². The summed E-state index contributed by atoms with van der Waals surface area (Å²) in [7, 11) is 1.69. The van der Waals surface area contributed by atoms with Crippen molar-refractivity contribution in [3.63, 3.8) is 0 Å². The molecule has 19 heavy (non-hydrogen) atoms. The van der Waals surface area contributed by atoms with Crippen LogP contribution in [0.4, 0.5) is 5.69 Å². The highest BCUT2D eigenvalue weighted by Gasteiger charge is 2.19. The van der Waals surface area contributed by atoms with E-state index in [1.807, 2.05) is 31.2 Å². The Balaban J connectivity index is 2.38. The summed E-state index contributed by atoms with van der Waals surface area (Å²) in [5.41, 5.74) is 7.73. The number of amides is 1. The molecule has 0 unspecified atom stereocenters. The third-order valence-corrected chi connectivity index (χ3v) is 4.16. The first-order chi connectivity index (χ1) is 9.04. The lowest BCUT2D eigenvalue weighted by Gasteiger charge is -2.14. The average molecular weight is 273 g/mol. The molecule has 0 bridgehead atoms. The van der Waals surface area contributed by atoms with Gasteiger partial charge in [0.1, 0.15) is 4.88 Å². The van der Waals surface area contributed by atoms with Crippen LogP contribution in [-0.4, -0.2) is 24.4 Å². The fourth-order valence-electron chi connectivity index (χ4n) is 1.88. The first kappa shape index (κ1) is 13.4. The summed E-state index contributed by atoms with van der Waals surface area (Å²) in [6, 6.07) is 8.01. The molecule has 1 heterocycles. The average Bonchev–Trinajstić information content (AvgIpc) is 2.72. The van der Waals surface area contributed by atoms with Crippen molar-refractivity contribution in [2.24, 2.45) is 0 Å². The smallest absolute Gasteiger partial charge is 0.265 e. The van der Waals surface area contributed by atoms with E-state index in [0.717, 1.165) is 15.6 Å². The van der Waals surface area contributed by atoms with Crippen LogP contribution in [0.15, 0.2) is 18.2 Å². The van der Waals surface area contributed by atoms with Crippen molar-refractivity contribution in [2.75, 3.05) is 19.3 Å². The molecule has 4 nitrogen and oxygen atoms in total. The summed E-state index contributed by atoms with van der Waals surface area (Å²) in [5.74, 6) is -0.119. The molecule has 1 amide bonds. The Kier molecular flexibility index (Phi) is 3.72. The maximum atomic E-state index is 12.3. The summed E-state index contributed by atoms with van der Waals surface area (Å²) in [5, 5.41) is 9.49. The van der Waals surface area contributed by atoms with Crippen molar-refractivity contribution in [1.29, 1.82) is 5.26 Å². The zero-order chi connectivity index (χ0) is 14.0. The number of nitrogens with two attached hydrogens (primary N) is 1. The summed E-state index contributed by atoms with van der Waals surface area (Å²) < 4.78 is 1.01. The molecule has 0 spiro atoms. The van der Waals surface area contributed by atoms with Crippen LogP contribution in [0.25, 0.3) is 10.1 Å². The number of anilines is 1. The number of aryl methyl sites for hydroxylation is 1. The predicted molar refractivity (Wildman–Crippen MR) is 78.2 cm³/mol. The van der Waals surface area contributed by atoms with Gasteiger partial charge in [0.05, 0.1) is 18.2 Å². The van der Waals surface area contributed by atoms with E-state index in [4.69, 9.17) is 11.0 Å². The van der Waals surface area contributed by atoms with Gasteiger partial charge >= 0.3 is 0 Å². The number of thiophene rings is 1. The molecule has 1 aromatic carbocycles. The highest BCUT2D eigenvalue weighted by Crippen LogP contribution is 2.34. The largest absolute Gasteiger partial charge is 0.397 e. The van der Waals surface area contributed by atoms with Crippen molar-refractivity contribution >= 4 is 33.0 Å². The second kappa shape index (κ2) is 5.29. The molecule has 0 fully saturated rings. The zero-order valence-electron chi connectivity index (χ0n) is 10.9. The van der Waals surface area contributed by atoms with Crippen molar-refractivity contribution in [2.45, 2.75) is 13.3 Å². The van der Waals surface area contributed by atoms with Gasteiger partial charge in [0.25, 0.3) is 5.91 Å². The summed E-state index contributed by atoms with van der Waals surface area (Å²) in [6.07, 6.45) is 0.326. The van der Waals surface area contributed by atoms with Crippen molar-refractivity contribution in [1.82, 2.24) is 4.90 Å². The number of hydrogen-bond donors (Lipinski definition) is 1. The number of carbonyl (C=O) groups is 1. The van der Waals surface area contributed by atoms with Gasteiger partial charge in [-0.25, -0.2) is 0 Å². The van der Waals surface area contributed by atoms with Crippen LogP contribution in [-0.2, 0) is 0 Å². The second-order valence-corrected chi connectivity index (χ2v) is 5.53. The monoisotopic (exact) mass is 273 g/mol. The Bertz CT molecular complexity index is 669. The summed E-state index contributed by atoms with van der Waals surface area (Å²) >= 11 is 1.40. The lowest BCUT2D eigenvalue weighted by atomic mass is 10.1. The predicted octanol–water partition coefficient (Wildman–Crippen LogP) is 2.78. The molecule has 0 saturated carbocycles. The van der Waals surface area contributed by atoms with E-state index in [1.165, 1.54) is 16.2 Å². The molecule has 0 aliphatic carbocycles. The quantitative estimate of drug-likeness (QED) is 0.934. The van der Waals surface area contributed by atoms with E-state index in [2.05, 4.69) is 0 Å².